The van der Waals surface area contributed by atoms with Crippen LogP contribution in [0.15, 0.2) is 5.38 Å². The van der Waals surface area contributed by atoms with E-state index >= 15 is 0 Å². The number of ether oxygens (including phenoxy) is 1. The lowest BCUT2D eigenvalue weighted by Gasteiger charge is -2.33. The predicted octanol–water partition coefficient (Wildman–Crippen LogP) is 1.65. The second-order valence-corrected chi connectivity index (χ2v) is 5.21. The number of nitrogens with zero attached hydrogens (tertiary/aromatic N) is 2. The van der Waals surface area contributed by atoms with Gasteiger partial charge in [-0.2, -0.15) is 0 Å². The molecule has 0 bridgehead atoms. The summed E-state index contributed by atoms with van der Waals surface area (Å²) in [6.45, 7) is 7.29. The van der Waals surface area contributed by atoms with Gasteiger partial charge in [0, 0.05) is 38.7 Å². The van der Waals surface area contributed by atoms with Crippen molar-refractivity contribution in [2.45, 2.75) is 26.0 Å². The molecule has 1 atom stereocenters. The van der Waals surface area contributed by atoms with E-state index in [0.29, 0.717) is 12.6 Å². The first-order valence-electron chi connectivity index (χ1n) is 6.23. The fourth-order valence-electron chi connectivity index (χ4n) is 2.27. The molecule has 1 aromatic rings. The zero-order valence-electron chi connectivity index (χ0n) is 10.6. The molecule has 2 rings (SSSR count). The summed E-state index contributed by atoms with van der Waals surface area (Å²) >= 11 is 1.76. The molecule has 1 unspecified atom stereocenters. The number of thiazole rings is 1. The molecule has 4 nitrogen and oxygen atoms in total. The maximum Gasteiger partial charge on any atom is 0.110 e. The highest BCUT2D eigenvalue weighted by Crippen LogP contribution is 2.27. The second kappa shape index (κ2) is 6.44. The lowest BCUT2D eigenvalue weighted by atomic mass is 10.2. The van der Waals surface area contributed by atoms with E-state index in [2.05, 4.69) is 27.5 Å². The monoisotopic (exact) mass is 255 g/mol. The number of methoxy groups -OCH3 is 1. The molecule has 0 aliphatic carbocycles. The summed E-state index contributed by atoms with van der Waals surface area (Å²) in [5.74, 6) is 0. The van der Waals surface area contributed by atoms with E-state index in [1.807, 2.05) is 0 Å². The molecule has 0 spiro atoms. The van der Waals surface area contributed by atoms with Gasteiger partial charge in [0.05, 0.1) is 18.3 Å². The minimum Gasteiger partial charge on any atom is -0.378 e. The van der Waals surface area contributed by atoms with Crippen LogP contribution in [0.25, 0.3) is 0 Å². The van der Waals surface area contributed by atoms with Crippen molar-refractivity contribution in [1.82, 2.24) is 15.2 Å². The SMILES string of the molecule is CCC(c1nc(COC)cs1)N1CCNCC1. The highest BCUT2D eigenvalue weighted by atomic mass is 32.1. The third-order valence-corrected chi connectivity index (χ3v) is 4.12. The van der Waals surface area contributed by atoms with Gasteiger partial charge in [0.2, 0.25) is 0 Å². The Hall–Kier alpha value is -0.490. The number of piperazine rings is 1. The molecule has 1 aliphatic heterocycles. The molecular weight excluding hydrogens is 234 g/mol. The molecular formula is C12H21N3OS. The van der Waals surface area contributed by atoms with E-state index in [9.17, 15) is 0 Å². The fraction of sp³-hybridized carbons (Fsp3) is 0.750. The fourth-order valence-corrected chi connectivity index (χ4v) is 3.29. The largest absolute Gasteiger partial charge is 0.378 e. The first-order chi connectivity index (χ1) is 8.35. The first-order valence-corrected chi connectivity index (χ1v) is 7.11. The van der Waals surface area contributed by atoms with Gasteiger partial charge in [-0.05, 0) is 6.42 Å². The lowest BCUT2D eigenvalue weighted by Crippen LogP contribution is -2.45. The normalized spacial score (nSPS) is 19.4. The van der Waals surface area contributed by atoms with Crippen LogP contribution in [0.1, 0.15) is 30.1 Å². The summed E-state index contributed by atoms with van der Waals surface area (Å²) in [5, 5.41) is 6.74. The molecule has 5 heteroatoms. The van der Waals surface area contributed by atoms with E-state index < -0.39 is 0 Å². The van der Waals surface area contributed by atoms with Crippen molar-refractivity contribution < 1.29 is 4.74 Å². The van der Waals surface area contributed by atoms with Gasteiger partial charge < -0.3 is 10.1 Å². The summed E-state index contributed by atoms with van der Waals surface area (Å²) in [5.41, 5.74) is 1.06. The molecule has 0 amide bonds. The van der Waals surface area contributed by atoms with Crippen LogP contribution in [0.5, 0.6) is 0 Å². The number of hydrogen-bond donors (Lipinski definition) is 1. The lowest BCUT2D eigenvalue weighted by molar-refractivity contribution is 0.166. The minimum absolute atomic E-state index is 0.479. The highest BCUT2D eigenvalue weighted by Gasteiger charge is 2.22. The van der Waals surface area contributed by atoms with Gasteiger partial charge in [-0.15, -0.1) is 11.3 Å². The highest BCUT2D eigenvalue weighted by molar-refractivity contribution is 7.09. The summed E-state index contributed by atoms with van der Waals surface area (Å²) < 4.78 is 5.12. The van der Waals surface area contributed by atoms with Gasteiger partial charge in [-0.1, -0.05) is 6.92 Å². The number of rotatable bonds is 5. The third kappa shape index (κ3) is 3.25. The van der Waals surface area contributed by atoms with E-state index in [-0.39, 0.29) is 0 Å². The van der Waals surface area contributed by atoms with Crippen LogP contribution >= 0.6 is 11.3 Å². The quantitative estimate of drug-likeness (QED) is 0.868. The van der Waals surface area contributed by atoms with Crippen molar-refractivity contribution in [2.75, 3.05) is 33.3 Å². The Morgan fingerprint density at radius 2 is 2.29 bits per heavy atom. The average Bonchev–Trinajstić information content (AvgIpc) is 2.81. The van der Waals surface area contributed by atoms with Gasteiger partial charge in [0.25, 0.3) is 0 Å². The van der Waals surface area contributed by atoms with Crippen molar-refractivity contribution in [3.05, 3.63) is 16.1 Å². The topological polar surface area (TPSA) is 37.4 Å². The van der Waals surface area contributed by atoms with E-state index in [1.54, 1.807) is 18.4 Å². The van der Waals surface area contributed by atoms with Crippen LogP contribution in [0.3, 0.4) is 0 Å². The summed E-state index contributed by atoms with van der Waals surface area (Å²) in [4.78, 5) is 7.21. The molecule has 96 valence electrons. The first kappa shape index (κ1) is 13.0. The Balaban J connectivity index is 2.04. The van der Waals surface area contributed by atoms with E-state index in [0.717, 1.165) is 38.3 Å². The molecule has 0 saturated carbocycles. The van der Waals surface area contributed by atoms with Crippen LogP contribution < -0.4 is 5.32 Å². The van der Waals surface area contributed by atoms with Crippen molar-refractivity contribution in [3.8, 4) is 0 Å². The number of nitrogens with one attached hydrogen (secondary N) is 1. The molecule has 17 heavy (non-hydrogen) atoms. The van der Waals surface area contributed by atoms with Crippen molar-refractivity contribution in [1.29, 1.82) is 0 Å². The Morgan fingerprint density at radius 3 is 2.94 bits per heavy atom. The van der Waals surface area contributed by atoms with Gasteiger partial charge in [-0.25, -0.2) is 4.98 Å². The zero-order chi connectivity index (χ0) is 12.1. The second-order valence-electron chi connectivity index (χ2n) is 4.32. The molecule has 1 saturated heterocycles. The molecule has 2 heterocycles. The Bertz CT molecular complexity index is 336. The molecule has 1 aromatic heterocycles. The molecule has 0 aromatic carbocycles. The van der Waals surface area contributed by atoms with E-state index in [4.69, 9.17) is 4.74 Å². The van der Waals surface area contributed by atoms with Gasteiger partial charge >= 0.3 is 0 Å². The maximum absolute atomic E-state index is 5.12. The summed E-state index contributed by atoms with van der Waals surface area (Å²) in [6.07, 6.45) is 1.12. The van der Waals surface area contributed by atoms with Gasteiger partial charge in [-0.3, -0.25) is 4.90 Å². The van der Waals surface area contributed by atoms with Crippen molar-refractivity contribution >= 4 is 11.3 Å². The van der Waals surface area contributed by atoms with Crippen molar-refractivity contribution in [3.63, 3.8) is 0 Å². The van der Waals surface area contributed by atoms with Crippen LogP contribution in [0, 0.1) is 0 Å². The van der Waals surface area contributed by atoms with Crippen LogP contribution in [-0.2, 0) is 11.3 Å². The Kier molecular flexibility index (Phi) is 4.91. The van der Waals surface area contributed by atoms with Crippen molar-refractivity contribution in [2.24, 2.45) is 0 Å². The standard InChI is InChI=1S/C12H21N3OS/c1-3-11(15-6-4-13-5-7-15)12-14-10(8-16-2)9-17-12/h9,11,13H,3-8H2,1-2H3. The predicted molar refractivity (Wildman–Crippen MR) is 70.3 cm³/mol. The average molecular weight is 255 g/mol. The summed E-state index contributed by atoms with van der Waals surface area (Å²) in [6, 6.07) is 0.479. The molecule has 1 N–H and O–H groups in total. The Morgan fingerprint density at radius 1 is 1.53 bits per heavy atom. The Labute approximate surface area is 107 Å². The molecule has 0 radical (unpaired) electrons. The molecule has 1 aliphatic rings. The third-order valence-electron chi connectivity index (χ3n) is 3.13. The number of aromatic nitrogens is 1. The zero-order valence-corrected chi connectivity index (χ0v) is 11.4. The van der Waals surface area contributed by atoms with Gasteiger partial charge in [0.1, 0.15) is 5.01 Å². The summed E-state index contributed by atoms with van der Waals surface area (Å²) in [7, 11) is 1.71. The molecule has 1 fully saturated rings. The number of hydrogen-bond acceptors (Lipinski definition) is 5. The van der Waals surface area contributed by atoms with Gasteiger partial charge in [0.15, 0.2) is 0 Å². The minimum atomic E-state index is 0.479. The van der Waals surface area contributed by atoms with Crippen LogP contribution in [0.2, 0.25) is 0 Å². The maximum atomic E-state index is 5.12. The van der Waals surface area contributed by atoms with Crippen LogP contribution in [-0.4, -0.2) is 43.2 Å². The van der Waals surface area contributed by atoms with E-state index in [1.165, 1.54) is 5.01 Å². The van der Waals surface area contributed by atoms with Crippen LogP contribution in [0.4, 0.5) is 0 Å². The smallest absolute Gasteiger partial charge is 0.110 e.